The fraction of sp³-hybridized carbons (Fsp3) is 0.400. The Labute approximate surface area is 90.7 Å². The number of nitrogens with two attached hydrogens (primary N) is 1. The molecular weight excluding hydrogens is 224 g/mol. The lowest BCUT2D eigenvalue weighted by atomic mass is 9.94. The number of alkyl halides is 2. The van der Waals surface area contributed by atoms with Gasteiger partial charge in [0.15, 0.2) is 0 Å². The maximum absolute atomic E-state index is 13.2. The minimum atomic E-state index is -2.83. The van der Waals surface area contributed by atoms with E-state index in [9.17, 15) is 13.9 Å². The van der Waals surface area contributed by atoms with Gasteiger partial charge in [-0.25, -0.2) is 8.78 Å². The number of aromatic hydroxyl groups is 1. The summed E-state index contributed by atoms with van der Waals surface area (Å²) >= 11 is 5.62. The molecule has 15 heavy (non-hydrogen) atoms. The summed E-state index contributed by atoms with van der Waals surface area (Å²) in [6.07, 6.45) is -0.314. The van der Waals surface area contributed by atoms with Crippen molar-refractivity contribution in [2.45, 2.75) is 17.8 Å². The molecule has 1 atom stereocenters. The summed E-state index contributed by atoms with van der Waals surface area (Å²) in [4.78, 5) is 0. The minimum Gasteiger partial charge on any atom is -0.508 e. The van der Waals surface area contributed by atoms with Crippen LogP contribution in [0.2, 0.25) is 5.02 Å². The Bertz CT molecular complexity index is 410. The zero-order chi connectivity index (χ0) is 11.3. The van der Waals surface area contributed by atoms with E-state index >= 15 is 0 Å². The molecule has 1 saturated carbocycles. The van der Waals surface area contributed by atoms with E-state index in [0.29, 0.717) is 5.02 Å². The molecule has 0 aromatic heterocycles. The van der Waals surface area contributed by atoms with Crippen LogP contribution >= 0.6 is 11.6 Å². The second-order valence-electron chi connectivity index (χ2n) is 3.83. The van der Waals surface area contributed by atoms with Crippen molar-refractivity contribution in [3.05, 3.63) is 28.8 Å². The second kappa shape index (κ2) is 3.06. The summed E-state index contributed by atoms with van der Waals surface area (Å²) in [6.45, 7) is -0.185. The fourth-order valence-electron chi connectivity index (χ4n) is 1.87. The highest BCUT2D eigenvalue weighted by molar-refractivity contribution is 6.30. The van der Waals surface area contributed by atoms with Crippen molar-refractivity contribution in [1.29, 1.82) is 0 Å². The molecule has 1 fully saturated rings. The van der Waals surface area contributed by atoms with Gasteiger partial charge < -0.3 is 10.8 Å². The maximum atomic E-state index is 13.2. The summed E-state index contributed by atoms with van der Waals surface area (Å²) in [6, 6.07) is 4.14. The summed E-state index contributed by atoms with van der Waals surface area (Å²) in [5.74, 6) is -3.04. The molecule has 3 N–H and O–H groups in total. The Hall–Kier alpha value is -0.870. The monoisotopic (exact) mass is 233 g/mol. The van der Waals surface area contributed by atoms with Crippen molar-refractivity contribution in [2.24, 2.45) is 5.73 Å². The van der Waals surface area contributed by atoms with E-state index in [-0.39, 0.29) is 24.3 Å². The predicted molar refractivity (Wildman–Crippen MR) is 53.4 cm³/mol. The first-order chi connectivity index (χ1) is 6.93. The number of phenols is 1. The van der Waals surface area contributed by atoms with Gasteiger partial charge in [0.25, 0.3) is 5.92 Å². The van der Waals surface area contributed by atoms with Gasteiger partial charge in [-0.2, -0.15) is 0 Å². The van der Waals surface area contributed by atoms with Crippen LogP contribution in [0.4, 0.5) is 8.78 Å². The quantitative estimate of drug-likeness (QED) is 0.823. The topological polar surface area (TPSA) is 46.2 Å². The number of benzene rings is 1. The van der Waals surface area contributed by atoms with Gasteiger partial charge in [0.2, 0.25) is 0 Å². The normalized spacial score (nSPS) is 27.7. The third kappa shape index (κ3) is 1.40. The lowest BCUT2D eigenvalue weighted by Gasteiger charge is -2.15. The highest BCUT2D eigenvalue weighted by Gasteiger charge is 2.71. The molecule has 0 amide bonds. The third-order valence-electron chi connectivity index (χ3n) is 2.92. The lowest BCUT2D eigenvalue weighted by molar-refractivity contribution is 0.0889. The number of hydrogen-bond donors (Lipinski definition) is 2. The smallest absolute Gasteiger partial charge is 0.260 e. The largest absolute Gasteiger partial charge is 0.508 e. The van der Waals surface area contributed by atoms with E-state index in [1.807, 2.05) is 0 Å². The molecule has 1 aromatic carbocycles. The standard InChI is InChI=1S/C10H10ClF2NO/c11-6-1-2-7(8(15)3-6)9(5-14)4-10(9,12)13/h1-3,15H,4-5,14H2. The number of phenolic OH excluding ortho intramolecular Hbond substituents is 1. The van der Waals surface area contributed by atoms with Gasteiger partial charge in [-0.1, -0.05) is 17.7 Å². The number of rotatable bonds is 2. The third-order valence-corrected chi connectivity index (χ3v) is 3.16. The molecule has 0 saturated heterocycles. The Balaban J connectivity index is 2.46. The molecule has 1 aliphatic rings. The van der Waals surface area contributed by atoms with Crippen LogP contribution in [-0.2, 0) is 5.41 Å². The molecule has 82 valence electrons. The van der Waals surface area contributed by atoms with Gasteiger partial charge in [0, 0.05) is 23.6 Å². The van der Waals surface area contributed by atoms with E-state index in [0.717, 1.165) is 0 Å². The molecule has 1 aromatic rings. The van der Waals surface area contributed by atoms with Crippen LogP contribution in [0.5, 0.6) is 5.75 Å². The highest BCUT2D eigenvalue weighted by atomic mass is 35.5. The van der Waals surface area contributed by atoms with Crippen LogP contribution in [0.1, 0.15) is 12.0 Å². The average molecular weight is 234 g/mol. The average Bonchev–Trinajstić information content (AvgIpc) is 2.69. The second-order valence-corrected chi connectivity index (χ2v) is 4.27. The van der Waals surface area contributed by atoms with Crippen LogP contribution in [0.3, 0.4) is 0 Å². The van der Waals surface area contributed by atoms with Gasteiger partial charge in [-0.15, -0.1) is 0 Å². The van der Waals surface area contributed by atoms with Crippen LogP contribution in [-0.4, -0.2) is 17.6 Å². The predicted octanol–water partition coefficient (Wildman–Crippen LogP) is 2.28. The Kier molecular flexibility index (Phi) is 2.17. The zero-order valence-electron chi connectivity index (χ0n) is 7.80. The fourth-order valence-corrected chi connectivity index (χ4v) is 2.03. The Morgan fingerprint density at radius 1 is 1.47 bits per heavy atom. The first kappa shape index (κ1) is 10.6. The highest BCUT2D eigenvalue weighted by Crippen LogP contribution is 2.62. The number of halogens is 3. The summed E-state index contributed by atoms with van der Waals surface area (Å²) in [5.41, 5.74) is 4.14. The van der Waals surface area contributed by atoms with E-state index in [4.69, 9.17) is 17.3 Å². The molecule has 0 heterocycles. The van der Waals surface area contributed by atoms with E-state index in [2.05, 4.69) is 0 Å². The van der Waals surface area contributed by atoms with Crippen molar-refractivity contribution >= 4 is 11.6 Å². The molecule has 1 aliphatic carbocycles. The maximum Gasteiger partial charge on any atom is 0.260 e. The Morgan fingerprint density at radius 3 is 2.47 bits per heavy atom. The SMILES string of the molecule is NCC1(c2ccc(Cl)cc2O)CC1(F)F. The number of hydrogen-bond acceptors (Lipinski definition) is 2. The van der Waals surface area contributed by atoms with E-state index in [1.54, 1.807) is 0 Å². The molecule has 0 aliphatic heterocycles. The van der Waals surface area contributed by atoms with Gasteiger partial charge in [-0.05, 0) is 12.1 Å². The van der Waals surface area contributed by atoms with Crippen molar-refractivity contribution in [3.63, 3.8) is 0 Å². The first-order valence-corrected chi connectivity index (χ1v) is 4.88. The minimum absolute atomic E-state index is 0.180. The molecule has 1 unspecified atom stereocenters. The van der Waals surface area contributed by atoms with E-state index in [1.165, 1.54) is 18.2 Å². The van der Waals surface area contributed by atoms with Gasteiger partial charge >= 0.3 is 0 Å². The lowest BCUT2D eigenvalue weighted by Crippen LogP contribution is -2.26. The van der Waals surface area contributed by atoms with Crippen molar-refractivity contribution < 1.29 is 13.9 Å². The van der Waals surface area contributed by atoms with Crippen molar-refractivity contribution in [3.8, 4) is 5.75 Å². The molecule has 2 nitrogen and oxygen atoms in total. The van der Waals surface area contributed by atoms with Gasteiger partial charge in [-0.3, -0.25) is 0 Å². The van der Waals surface area contributed by atoms with Crippen molar-refractivity contribution in [1.82, 2.24) is 0 Å². The van der Waals surface area contributed by atoms with Crippen LogP contribution in [0.25, 0.3) is 0 Å². The molecular formula is C10H10ClF2NO. The van der Waals surface area contributed by atoms with E-state index < -0.39 is 11.3 Å². The molecule has 2 rings (SSSR count). The molecule has 0 bridgehead atoms. The Morgan fingerprint density at radius 2 is 2.07 bits per heavy atom. The summed E-state index contributed by atoms with van der Waals surface area (Å²) in [5, 5.41) is 9.87. The molecule has 0 radical (unpaired) electrons. The van der Waals surface area contributed by atoms with Crippen LogP contribution in [0, 0.1) is 0 Å². The zero-order valence-corrected chi connectivity index (χ0v) is 8.56. The van der Waals surface area contributed by atoms with Crippen LogP contribution in [0.15, 0.2) is 18.2 Å². The van der Waals surface area contributed by atoms with Crippen molar-refractivity contribution in [2.75, 3.05) is 6.54 Å². The molecule has 0 spiro atoms. The summed E-state index contributed by atoms with van der Waals surface area (Å²) in [7, 11) is 0. The van der Waals surface area contributed by atoms with Crippen LogP contribution < -0.4 is 5.73 Å². The van der Waals surface area contributed by atoms with Gasteiger partial charge in [0.1, 0.15) is 5.75 Å². The van der Waals surface area contributed by atoms with Gasteiger partial charge in [0.05, 0.1) is 5.41 Å². The summed E-state index contributed by atoms with van der Waals surface area (Å²) < 4.78 is 26.4. The molecule has 5 heteroatoms. The first-order valence-electron chi connectivity index (χ1n) is 4.50.